The normalized spacial score (nSPS) is 35.1. The van der Waals surface area contributed by atoms with Crippen LogP contribution in [-0.2, 0) is 9.53 Å². The summed E-state index contributed by atoms with van der Waals surface area (Å²) in [5.74, 6) is -3.85. The maximum atomic E-state index is 14.6. The van der Waals surface area contributed by atoms with Crippen molar-refractivity contribution in [2.24, 2.45) is 5.92 Å². The lowest BCUT2D eigenvalue weighted by atomic mass is 9.91. The van der Waals surface area contributed by atoms with E-state index in [4.69, 9.17) is 4.74 Å². The van der Waals surface area contributed by atoms with Gasteiger partial charge in [-0.2, -0.15) is 0 Å². The quantitative estimate of drug-likeness (QED) is 0.270. The number of ether oxygens (including phenoxy) is 1. The minimum atomic E-state index is -3.47. The van der Waals surface area contributed by atoms with E-state index in [0.29, 0.717) is 19.9 Å². The third kappa shape index (κ3) is 6.74. The Morgan fingerprint density at radius 3 is 2.50 bits per heavy atom. The van der Waals surface area contributed by atoms with Gasteiger partial charge in [0, 0.05) is 20.0 Å². The maximum Gasteiger partial charge on any atom is 0.267 e. The van der Waals surface area contributed by atoms with E-state index in [1.165, 1.54) is 0 Å². The molecule has 2 rings (SSSR count). The zero-order valence-electron chi connectivity index (χ0n) is 19.0. The summed E-state index contributed by atoms with van der Waals surface area (Å²) in [6.45, 7) is 3.44. The number of hydrogen-bond donors (Lipinski definition) is 5. The second-order valence-corrected chi connectivity index (χ2v) is 9.89. The molecule has 8 unspecified atom stereocenters. The van der Waals surface area contributed by atoms with E-state index in [0.717, 1.165) is 37.4 Å². The zero-order valence-corrected chi connectivity index (χ0v) is 19.8. The smallest absolute Gasteiger partial charge is 0.267 e. The summed E-state index contributed by atoms with van der Waals surface area (Å²) in [4.78, 5) is 14.9. The minimum Gasteiger partial charge on any atom is -0.395 e. The van der Waals surface area contributed by atoms with Gasteiger partial charge in [0.25, 0.3) is 5.92 Å². The second kappa shape index (κ2) is 12.2. The molecule has 1 amide bonds. The molecule has 2 aliphatic heterocycles. The third-order valence-electron chi connectivity index (χ3n) is 6.41. The minimum absolute atomic E-state index is 0.150. The van der Waals surface area contributed by atoms with E-state index in [9.17, 15) is 34.0 Å². The van der Waals surface area contributed by atoms with Gasteiger partial charge in [0.05, 0.1) is 12.6 Å². The highest BCUT2D eigenvalue weighted by molar-refractivity contribution is 7.99. The van der Waals surface area contributed by atoms with Crippen LogP contribution in [0.4, 0.5) is 8.78 Å². The number of rotatable bonds is 11. The number of aliphatic hydroxyl groups is 4. The molecule has 2 heterocycles. The van der Waals surface area contributed by atoms with Crippen LogP contribution in [0.1, 0.15) is 46.0 Å². The number of carbonyl (C=O) groups excluding carboxylic acids is 1. The van der Waals surface area contributed by atoms with Gasteiger partial charge in [-0.25, -0.2) is 8.78 Å². The first-order chi connectivity index (χ1) is 15.0. The molecular formula is C21H38F2N2O6S. The summed E-state index contributed by atoms with van der Waals surface area (Å²) in [5.41, 5.74) is -1.03. The number of halogens is 2. The number of amides is 1. The van der Waals surface area contributed by atoms with Crippen molar-refractivity contribution in [3.05, 3.63) is 0 Å². The summed E-state index contributed by atoms with van der Waals surface area (Å²) in [6.07, 6.45) is -0.355. The highest BCUT2D eigenvalue weighted by atomic mass is 32.2. The summed E-state index contributed by atoms with van der Waals surface area (Å²) < 4.78 is 34.6. The number of aliphatic hydroxyl groups excluding tert-OH is 4. The maximum absolute atomic E-state index is 14.6. The average Bonchev–Trinajstić information content (AvgIpc) is 3.13. The molecule has 0 saturated carbocycles. The van der Waals surface area contributed by atoms with Crippen molar-refractivity contribution >= 4 is 17.7 Å². The Labute approximate surface area is 192 Å². The predicted octanol–water partition coefficient (Wildman–Crippen LogP) is 0.560. The molecular weight excluding hydrogens is 446 g/mol. The first-order valence-electron chi connectivity index (χ1n) is 11.3. The van der Waals surface area contributed by atoms with Gasteiger partial charge in [-0.05, 0) is 25.0 Å². The third-order valence-corrected chi connectivity index (χ3v) is 7.26. The molecule has 32 heavy (non-hydrogen) atoms. The average molecular weight is 485 g/mol. The predicted molar refractivity (Wildman–Crippen MR) is 117 cm³/mol. The van der Waals surface area contributed by atoms with Crippen LogP contribution in [0, 0.1) is 5.92 Å². The molecule has 8 nitrogen and oxygen atoms in total. The van der Waals surface area contributed by atoms with Gasteiger partial charge in [-0.1, -0.05) is 26.2 Å². The van der Waals surface area contributed by atoms with E-state index in [-0.39, 0.29) is 19.1 Å². The molecule has 2 saturated heterocycles. The van der Waals surface area contributed by atoms with Crippen molar-refractivity contribution in [3.63, 3.8) is 0 Å². The Morgan fingerprint density at radius 1 is 1.25 bits per heavy atom. The number of alkyl halides is 2. The number of thioether (sulfide) groups is 1. The Bertz CT molecular complexity index is 597. The number of carbonyl (C=O) groups is 1. The highest BCUT2D eigenvalue weighted by Crippen LogP contribution is 2.34. The summed E-state index contributed by atoms with van der Waals surface area (Å²) in [7, 11) is 0. The van der Waals surface area contributed by atoms with Crippen LogP contribution in [0.25, 0.3) is 0 Å². The topological polar surface area (TPSA) is 122 Å². The van der Waals surface area contributed by atoms with E-state index < -0.39 is 53.8 Å². The van der Waals surface area contributed by atoms with E-state index in [1.54, 1.807) is 11.2 Å². The van der Waals surface area contributed by atoms with Gasteiger partial charge < -0.3 is 30.5 Å². The lowest BCUT2D eigenvalue weighted by Gasteiger charge is -2.44. The summed E-state index contributed by atoms with van der Waals surface area (Å²) in [6, 6.07) is -2.58. The van der Waals surface area contributed by atoms with Crippen molar-refractivity contribution in [1.82, 2.24) is 10.2 Å². The van der Waals surface area contributed by atoms with Crippen LogP contribution < -0.4 is 5.32 Å². The number of β-amino-alcohol motifs (C(OH)–C–C–N with tert-alkyl or cyclic N) is 1. The van der Waals surface area contributed by atoms with Crippen LogP contribution in [0.3, 0.4) is 0 Å². The van der Waals surface area contributed by atoms with Gasteiger partial charge in [-0.3, -0.25) is 9.69 Å². The molecule has 2 fully saturated rings. The van der Waals surface area contributed by atoms with Crippen molar-refractivity contribution < 1.29 is 38.7 Å². The Kier molecular flexibility index (Phi) is 10.6. The number of hydrogen-bond acceptors (Lipinski definition) is 8. The SMILES string of the molecule is CCCCCC1CC(C(=O)NC(C2OC(SC)C(O)C(O)C2O)C(C)(F)F)N(CCO)C1. The van der Waals surface area contributed by atoms with Gasteiger partial charge >= 0.3 is 0 Å². The molecule has 0 radical (unpaired) electrons. The first-order valence-corrected chi connectivity index (χ1v) is 12.6. The van der Waals surface area contributed by atoms with Crippen molar-refractivity contribution in [1.29, 1.82) is 0 Å². The highest BCUT2D eigenvalue weighted by Gasteiger charge is 2.53. The van der Waals surface area contributed by atoms with Crippen LogP contribution in [0.5, 0.6) is 0 Å². The van der Waals surface area contributed by atoms with Crippen molar-refractivity contribution in [3.8, 4) is 0 Å². The fourth-order valence-corrected chi connectivity index (χ4v) is 5.31. The Morgan fingerprint density at radius 2 is 1.94 bits per heavy atom. The van der Waals surface area contributed by atoms with Crippen molar-refractivity contribution in [2.75, 3.05) is 26.0 Å². The molecule has 5 N–H and O–H groups in total. The van der Waals surface area contributed by atoms with E-state index >= 15 is 0 Å². The number of nitrogens with zero attached hydrogens (tertiary/aromatic N) is 1. The largest absolute Gasteiger partial charge is 0.395 e. The standard InChI is InChI=1S/C21H38F2N2O6S/c1-4-5-6-7-12-10-13(25(11-12)8-9-26)19(30)24-18(21(2,22)23)17-15(28)14(27)16(29)20(31-17)32-3/h12-18,20,26-29H,4-11H2,1-3H3,(H,24,30). The van der Waals surface area contributed by atoms with E-state index in [2.05, 4.69) is 12.2 Å². The fourth-order valence-electron chi connectivity index (χ4n) is 4.63. The second-order valence-electron chi connectivity index (χ2n) is 8.95. The van der Waals surface area contributed by atoms with Gasteiger partial charge in [0.15, 0.2) is 0 Å². The summed E-state index contributed by atoms with van der Waals surface area (Å²) in [5, 5.41) is 42.3. The first kappa shape index (κ1) is 27.7. The fraction of sp³-hybridized carbons (Fsp3) is 0.952. The van der Waals surface area contributed by atoms with Gasteiger partial charge in [-0.15, -0.1) is 11.8 Å². The molecule has 0 aromatic carbocycles. The lowest BCUT2D eigenvalue weighted by Crippen LogP contribution is -2.67. The van der Waals surface area contributed by atoms with Crippen molar-refractivity contribution in [2.45, 2.75) is 93.8 Å². The molecule has 0 spiro atoms. The summed E-state index contributed by atoms with van der Waals surface area (Å²) >= 11 is 1.02. The van der Waals surface area contributed by atoms with E-state index in [1.807, 2.05) is 0 Å². The molecule has 2 aliphatic rings. The Hall–Kier alpha value is -0.560. The van der Waals surface area contributed by atoms with Crippen LogP contribution >= 0.6 is 11.8 Å². The Balaban J connectivity index is 2.16. The molecule has 0 bridgehead atoms. The zero-order chi connectivity index (χ0) is 24.1. The van der Waals surface area contributed by atoms with Crippen LogP contribution in [0.15, 0.2) is 0 Å². The number of nitrogens with one attached hydrogen (secondary N) is 1. The molecule has 0 aliphatic carbocycles. The molecule has 0 aromatic rings. The molecule has 0 aromatic heterocycles. The number of likely N-dealkylation sites (tertiary alicyclic amines) is 1. The van der Waals surface area contributed by atoms with Crippen LogP contribution in [0.2, 0.25) is 0 Å². The van der Waals surface area contributed by atoms with Crippen LogP contribution in [-0.4, -0.2) is 105 Å². The molecule has 188 valence electrons. The lowest BCUT2D eigenvalue weighted by molar-refractivity contribution is -0.223. The number of unbranched alkanes of at least 4 members (excludes halogenated alkanes) is 2. The molecule has 8 atom stereocenters. The van der Waals surface area contributed by atoms with Gasteiger partial charge in [0.2, 0.25) is 5.91 Å². The monoisotopic (exact) mass is 484 g/mol. The van der Waals surface area contributed by atoms with Gasteiger partial charge in [0.1, 0.15) is 35.9 Å². The molecule has 11 heteroatoms.